The largest absolute Gasteiger partial charge is 0.474 e. The van der Waals surface area contributed by atoms with Crippen molar-refractivity contribution in [3.8, 4) is 5.88 Å². The highest BCUT2D eigenvalue weighted by molar-refractivity contribution is 7.92. The van der Waals surface area contributed by atoms with Crippen molar-refractivity contribution >= 4 is 50.0 Å². The molecule has 3 aromatic heterocycles. The second kappa shape index (κ2) is 10.6. The second-order valence-electron chi connectivity index (χ2n) is 8.99. The average molecular weight is 534 g/mol. The quantitative estimate of drug-likeness (QED) is 0.436. The number of nitrogens with zero attached hydrogens (tertiary/aromatic N) is 5. The molecule has 2 fully saturated rings. The van der Waals surface area contributed by atoms with Crippen LogP contribution in [0, 0.1) is 0 Å². The van der Waals surface area contributed by atoms with Crippen LogP contribution in [0.1, 0.15) is 25.7 Å². The fourth-order valence-electron chi connectivity index (χ4n) is 4.47. The number of pyridine rings is 2. The minimum absolute atomic E-state index is 0.0366. The first-order chi connectivity index (χ1) is 17.3. The Morgan fingerprint density at radius 2 is 1.89 bits per heavy atom. The van der Waals surface area contributed by atoms with E-state index in [1.54, 1.807) is 18.3 Å². The van der Waals surface area contributed by atoms with Crippen LogP contribution in [0.15, 0.2) is 30.6 Å². The van der Waals surface area contributed by atoms with Gasteiger partial charge in [-0.3, -0.25) is 9.71 Å². The molecule has 2 aliphatic rings. The fraction of sp³-hybridized carbons (Fsp3) is 0.478. The van der Waals surface area contributed by atoms with Crippen molar-refractivity contribution in [2.75, 3.05) is 47.5 Å². The van der Waals surface area contributed by atoms with E-state index in [1.165, 1.54) is 6.20 Å². The van der Waals surface area contributed by atoms with Crippen molar-refractivity contribution in [1.29, 1.82) is 0 Å². The molecule has 1 aliphatic heterocycles. The number of halogens is 1. The maximum Gasteiger partial charge on any atom is 0.229 e. The van der Waals surface area contributed by atoms with E-state index in [1.807, 2.05) is 6.07 Å². The number of morpholine rings is 1. The van der Waals surface area contributed by atoms with Gasteiger partial charge < -0.3 is 19.7 Å². The molecule has 0 radical (unpaired) electrons. The van der Waals surface area contributed by atoms with Crippen LogP contribution in [0.5, 0.6) is 5.88 Å². The number of fused-ring (bicyclic) bond motifs is 1. The highest BCUT2D eigenvalue weighted by Crippen LogP contribution is 2.33. The van der Waals surface area contributed by atoms with Crippen LogP contribution in [-0.2, 0) is 14.8 Å². The molecule has 1 saturated heterocycles. The monoisotopic (exact) mass is 533 g/mol. The van der Waals surface area contributed by atoms with Gasteiger partial charge in [-0.25, -0.2) is 18.4 Å². The number of hydrogen-bond donors (Lipinski definition) is 2. The molecule has 0 bridgehead atoms. The Morgan fingerprint density at radius 1 is 1.11 bits per heavy atom. The lowest BCUT2D eigenvalue weighted by atomic mass is 9.93. The second-order valence-corrected chi connectivity index (χ2v) is 11.1. The Bertz CT molecular complexity index is 1330. The summed E-state index contributed by atoms with van der Waals surface area (Å²) in [5.41, 5.74) is 1.05. The van der Waals surface area contributed by atoms with Gasteiger partial charge in [-0.05, 0) is 37.8 Å². The molecule has 0 unspecified atom stereocenters. The van der Waals surface area contributed by atoms with E-state index in [9.17, 15) is 8.42 Å². The zero-order chi connectivity index (χ0) is 25.1. The maximum atomic E-state index is 11.8. The van der Waals surface area contributed by atoms with Gasteiger partial charge in [0.1, 0.15) is 17.1 Å². The molecule has 1 aliphatic carbocycles. The van der Waals surface area contributed by atoms with Gasteiger partial charge in [-0.1, -0.05) is 11.6 Å². The lowest BCUT2D eigenvalue weighted by Gasteiger charge is -2.31. The number of aromatic nitrogens is 4. The summed E-state index contributed by atoms with van der Waals surface area (Å²) < 4.78 is 37.9. The summed E-state index contributed by atoms with van der Waals surface area (Å²) in [6.07, 6.45) is 7.59. The smallest absolute Gasteiger partial charge is 0.229 e. The predicted molar refractivity (Wildman–Crippen MR) is 138 cm³/mol. The minimum Gasteiger partial charge on any atom is -0.474 e. The first kappa shape index (κ1) is 24.7. The van der Waals surface area contributed by atoms with Gasteiger partial charge in [0.2, 0.25) is 21.9 Å². The van der Waals surface area contributed by atoms with E-state index in [2.05, 4.69) is 29.9 Å². The topological polar surface area (TPSA) is 131 Å². The molecule has 4 heterocycles. The SMILES string of the molecule is CS(=O)(=O)Nc1cnc2cc(N3CCOCC3)nc(O[C@H]3CC[C@@H](Nc4nccc(Cl)n4)CC3)c2c1. The van der Waals surface area contributed by atoms with Gasteiger partial charge in [0, 0.05) is 31.4 Å². The first-order valence-corrected chi connectivity index (χ1v) is 14.1. The van der Waals surface area contributed by atoms with E-state index in [-0.39, 0.29) is 12.1 Å². The molecule has 0 amide bonds. The molecule has 1 saturated carbocycles. The average Bonchev–Trinajstić information content (AvgIpc) is 2.85. The molecular formula is C23H28ClN7O4S. The number of sulfonamides is 1. The van der Waals surface area contributed by atoms with Gasteiger partial charge in [0.25, 0.3) is 0 Å². The van der Waals surface area contributed by atoms with E-state index >= 15 is 0 Å². The standard InChI is InChI=1S/C23H28ClN7O4S/c1-36(32,33)30-16-12-18-19(26-14-16)13-21(31-8-10-34-11-9-31)29-22(18)35-17-4-2-15(3-5-17)27-23-25-7-6-20(24)28-23/h6-7,12-15,17,30H,2-5,8-11H2,1H3,(H,25,27,28)/t15-,17+. The van der Waals surface area contributed by atoms with Crippen LogP contribution in [0.4, 0.5) is 17.5 Å². The van der Waals surface area contributed by atoms with E-state index in [0.29, 0.717) is 46.8 Å². The van der Waals surface area contributed by atoms with Crippen molar-refractivity contribution in [2.45, 2.75) is 37.8 Å². The fourth-order valence-corrected chi connectivity index (χ4v) is 5.14. The molecule has 0 atom stereocenters. The maximum absolute atomic E-state index is 11.8. The minimum atomic E-state index is -3.44. The van der Waals surface area contributed by atoms with E-state index < -0.39 is 10.0 Å². The van der Waals surface area contributed by atoms with Gasteiger partial charge in [0.15, 0.2) is 0 Å². The van der Waals surface area contributed by atoms with E-state index in [0.717, 1.165) is 50.8 Å². The van der Waals surface area contributed by atoms with Crippen LogP contribution in [0.3, 0.4) is 0 Å². The normalized spacial score (nSPS) is 20.8. The number of nitrogens with one attached hydrogen (secondary N) is 2. The Balaban J connectivity index is 1.35. The third-order valence-electron chi connectivity index (χ3n) is 6.18. The Labute approximate surface area is 214 Å². The Kier molecular flexibility index (Phi) is 7.26. The third-order valence-corrected chi connectivity index (χ3v) is 6.99. The molecule has 3 aromatic rings. The molecule has 0 aromatic carbocycles. The number of hydrogen-bond acceptors (Lipinski definition) is 10. The van der Waals surface area contributed by atoms with Gasteiger partial charge in [0.05, 0.1) is 42.3 Å². The molecule has 11 nitrogen and oxygen atoms in total. The molecule has 2 N–H and O–H groups in total. The van der Waals surface area contributed by atoms with Crippen LogP contribution >= 0.6 is 11.6 Å². The van der Waals surface area contributed by atoms with Crippen molar-refractivity contribution in [3.63, 3.8) is 0 Å². The zero-order valence-electron chi connectivity index (χ0n) is 19.9. The van der Waals surface area contributed by atoms with Crippen molar-refractivity contribution < 1.29 is 17.9 Å². The molecular weight excluding hydrogens is 506 g/mol. The molecule has 13 heteroatoms. The first-order valence-electron chi connectivity index (χ1n) is 11.9. The molecule has 192 valence electrons. The summed E-state index contributed by atoms with van der Waals surface area (Å²) in [5, 5.41) is 4.41. The van der Waals surface area contributed by atoms with Crippen LogP contribution in [-0.4, -0.2) is 73.1 Å². The highest BCUT2D eigenvalue weighted by atomic mass is 35.5. The Morgan fingerprint density at radius 3 is 2.61 bits per heavy atom. The summed E-state index contributed by atoms with van der Waals surface area (Å²) in [7, 11) is -3.44. The zero-order valence-corrected chi connectivity index (χ0v) is 21.4. The molecule has 36 heavy (non-hydrogen) atoms. The van der Waals surface area contributed by atoms with Crippen LogP contribution < -0.4 is 19.7 Å². The summed E-state index contributed by atoms with van der Waals surface area (Å²) in [6.45, 7) is 2.73. The van der Waals surface area contributed by atoms with Crippen LogP contribution in [0.2, 0.25) is 5.15 Å². The number of anilines is 3. The summed E-state index contributed by atoms with van der Waals surface area (Å²) in [4.78, 5) is 19.9. The Hall–Kier alpha value is -2.96. The number of ether oxygens (including phenoxy) is 2. The predicted octanol–water partition coefficient (Wildman–Crippen LogP) is 3.08. The third kappa shape index (κ3) is 6.23. The molecule has 5 rings (SSSR count). The van der Waals surface area contributed by atoms with Crippen molar-refractivity contribution in [3.05, 3.63) is 35.7 Å². The van der Waals surface area contributed by atoms with Gasteiger partial charge in [-0.15, -0.1) is 0 Å². The van der Waals surface area contributed by atoms with Crippen molar-refractivity contribution in [1.82, 2.24) is 19.9 Å². The van der Waals surface area contributed by atoms with Crippen LogP contribution in [0.25, 0.3) is 10.9 Å². The summed E-state index contributed by atoms with van der Waals surface area (Å²) >= 11 is 5.97. The lowest BCUT2D eigenvalue weighted by molar-refractivity contribution is 0.122. The van der Waals surface area contributed by atoms with Gasteiger partial charge in [-0.2, -0.15) is 4.98 Å². The molecule has 0 spiro atoms. The highest BCUT2D eigenvalue weighted by Gasteiger charge is 2.25. The van der Waals surface area contributed by atoms with E-state index in [4.69, 9.17) is 26.1 Å². The summed E-state index contributed by atoms with van der Waals surface area (Å²) in [5.74, 6) is 1.74. The lowest BCUT2D eigenvalue weighted by Crippen LogP contribution is -2.37. The van der Waals surface area contributed by atoms with Crippen molar-refractivity contribution in [2.24, 2.45) is 0 Å². The van der Waals surface area contributed by atoms with Gasteiger partial charge >= 0.3 is 0 Å². The summed E-state index contributed by atoms with van der Waals surface area (Å²) in [6, 6.07) is 5.49. The number of rotatable bonds is 7.